The Hall–Kier alpha value is -1.26. The van der Waals surface area contributed by atoms with Crippen LogP contribution in [0.3, 0.4) is 0 Å². The van der Waals surface area contributed by atoms with Gasteiger partial charge in [-0.05, 0) is 36.5 Å². The molecule has 1 aliphatic carbocycles. The van der Waals surface area contributed by atoms with Crippen LogP contribution in [0.15, 0.2) is 18.2 Å². The Morgan fingerprint density at radius 1 is 1.38 bits per heavy atom. The van der Waals surface area contributed by atoms with Crippen molar-refractivity contribution in [3.63, 3.8) is 0 Å². The molecule has 21 heavy (non-hydrogen) atoms. The Balaban J connectivity index is 1.66. The number of nitrogens with one attached hydrogen (secondary N) is 1. The molecule has 1 saturated carbocycles. The molecule has 6 heteroatoms. The molecule has 0 saturated heterocycles. The summed E-state index contributed by atoms with van der Waals surface area (Å²) in [5.41, 5.74) is 0.908. The van der Waals surface area contributed by atoms with Crippen LogP contribution in [0.5, 0.6) is 0 Å². The van der Waals surface area contributed by atoms with Crippen LogP contribution in [0.4, 0.5) is 0 Å². The second-order valence-corrected chi connectivity index (χ2v) is 6.11. The summed E-state index contributed by atoms with van der Waals surface area (Å²) in [6.45, 7) is 2.19. The highest BCUT2D eigenvalue weighted by Gasteiger charge is 2.40. The maximum Gasteiger partial charge on any atom is 0.309 e. The molecule has 0 aromatic heterocycles. The quantitative estimate of drug-likeness (QED) is 0.816. The van der Waals surface area contributed by atoms with Gasteiger partial charge in [0.1, 0.15) is 0 Å². The number of halogens is 2. The first kappa shape index (κ1) is 16.1. The Labute approximate surface area is 133 Å². The number of carbonyl (C=O) groups is 2. The fourth-order valence-electron chi connectivity index (χ4n) is 2.01. The fourth-order valence-corrected chi connectivity index (χ4v) is 2.51. The minimum atomic E-state index is -0.304. The zero-order chi connectivity index (χ0) is 15.4. The number of benzene rings is 1. The summed E-state index contributed by atoms with van der Waals surface area (Å²) in [7, 11) is 0. The first-order valence-electron chi connectivity index (χ1n) is 6.84. The van der Waals surface area contributed by atoms with Crippen molar-refractivity contribution in [1.82, 2.24) is 5.32 Å². The highest BCUT2D eigenvalue weighted by molar-refractivity contribution is 6.35. The van der Waals surface area contributed by atoms with Crippen molar-refractivity contribution in [2.75, 3.05) is 13.2 Å². The van der Waals surface area contributed by atoms with Crippen LogP contribution in [0.2, 0.25) is 10.0 Å². The summed E-state index contributed by atoms with van der Waals surface area (Å²) < 4.78 is 4.95. The summed E-state index contributed by atoms with van der Waals surface area (Å²) in [6, 6.07) is 5.24. The molecule has 0 heterocycles. The van der Waals surface area contributed by atoms with Gasteiger partial charge in [0.25, 0.3) is 5.91 Å². The van der Waals surface area contributed by atoms with Crippen molar-refractivity contribution >= 4 is 35.1 Å². The van der Waals surface area contributed by atoms with E-state index < -0.39 is 0 Å². The molecule has 1 aliphatic rings. The van der Waals surface area contributed by atoms with E-state index in [1.165, 1.54) is 0 Å². The SMILES string of the molecule is C[C@H]1C[C@@H]1C(=O)OCC(=O)NCCc1ccc(Cl)cc1Cl. The van der Waals surface area contributed by atoms with Crippen LogP contribution in [0, 0.1) is 11.8 Å². The van der Waals surface area contributed by atoms with Crippen molar-refractivity contribution in [2.45, 2.75) is 19.8 Å². The number of ether oxygens (including phenoxy) is 1. The molecule has 0 unspecified atom stereocenters. The molecular formula is C15H17Cl2NO3. The van der Waals surface area contributed by atoms with Gasteiger partial charge in [-0.15, -0.1) is 0 Å². The normalized spacial score (nSPS) is 20.0. The van der Waals surface area contributed by atoms with E-state index in [4.69, 9.17) is 27.9 Å². The van der Waals surface area contributed by atoms with E-state index in [9.17, 15) is 9.59 Å². The van der Waals surface area contributed by atoms with Crippen molar-refractivity contribution in [2.24, 2.45) is 11.8 Å². The second-order valence-electron chi connectivity index (χ2n) is 5.26. The largest absolute Gasteiger partial charge is 0.455 e. The predicted molar refractivity (Wildman–Crippen MR) is 81.4 cm³/mol. The molecule has 1 N–H and O–H groups in total. The van der Waals surface area contributed by atoms with E-state index in [0.29, 0.717) is 28.9 Å². The Morgan fingerprint density at radius 2 is 2.10 bits per heavy atom. The lowest BCUT2D eigenvalue weighted by Gasteiger charge is -2.08. The molecule has 1 fully saturated rings. The highest BCUT2D eigenvalue weighted by Crippen LogP contribution is 2.38. The van der Waals surface area contributed by atoms with E-state index in [0.717, 1.165) is 12.0 Å². The minimum Gasteiger partial charge on any atom is -0.455 e. The molecule has 114 valence electrons. The van der Waals surface area contributed by atoms with Crippen LogP contribution in [-0.4, -0.2) is 25.0 Å². The fraction of sp³-hybridized carbons (Fsp3) is 0.467. The summed E-state index contributed by atoms with van der Waals surface area (Å²) in [6.07, 6.45) is 1.45. The molecule has 0 radical (unpaired) electrons. The zero-order valence-corrected chi connectivity index (χ0v) is 13.2. The van der Waals surface area contributed by atoms with Crippen molar-refractivity contribution in [3.8, 4) is 0 Å². The molecule has 1 amide bonds. The van der Waals surface area contributed by atoms with Gasteiger partial charge in [-0.2, -0.15) is 0 Å². The van der Waals surface area contributed by atoms with E-state index in [2.05, 4.69) is 5.32 Å². The van der Waals surface area contributed by atoms with E-state index in [1.807, 2.05) is 13.0 Å². The average molecular weight is 330 g/mol. The standard InChI is InChI=1S/C15H17Cl2NO3/c1-9-6-12(9)15(20)21-8-14(19)18-5-4-10-2-3-11(16)7-13(10)17/h2-3,7,9,12H,4-6,8H2,1H3,(H,18,19)/t9-,12-/m0/s1. The molecular weight excluding hydrogens is 313 g/mol. The predicted octanol–water partition coefficient (Wildman–Crippen LogP) is 2.85. The van der Waals surface area contributed by atoms with E-state index >= 15 is 0 Å². The molecule has 2 atom stereocenters. The summed E-state index contributed by atoms with van der Waals surface area (Å²) >= 11 is 11.8. The second kappa shape index (κ2) is 7.14. The molecule has 4 nitrogen and oxygen atoms in total. The molecule has 0 aliphatic heterocycles. The number of esters is 1. The van der Waals surface area contributed by atoms with E-state index in [-0.39, 0.29) is 24.4 Å². The first-order chi connectivity index (χ1) is 9.97. The molecule has 0 bridgehead atoms. The average Bonchev–Trinajstić information content (AvgIpc) is 3.16. The Kier molecular flexibility index (Phi) is 5.48. The van der Waals surface area contributed by atoms with Gasteiger partial charge in [-0.25, -0.2) is 0 Å². The van der Waals surface area contributed by atoms with Gasteiger partial charge in [0.2, 0.25) is 0 Å². The van der Waals surface area contributed by atoms with Crippen LogP contribution in [0.1, 0.15) is 18.9 Å². The molecule has 1 aromatic rings. The first-order valence-corrected chi connectivity index (χ1v) is 7.60. The highest BCUT2D eigenvalue weighted by atomic mass is 35.5. The lowest BCUT2D eigenvalue weighted by Crippen LogP contribution is -2.30. The zero-order valence-electron chi connectivity index (χ0n) is 11.7. The lowest BCUT2D eigenvalue weighted by molar-refractivity contribution is -0.150. The van der Waals surface area contributed by atoms with Crippen molar-refractivity contribution in [3.05, 3.63) is 33.8 Å². The van der Waals surface area contributed by atoms with E-state index in [1.54, 1.807) is 12.1 Å². The van der Waals surface area contributed by atoms with Crippen LogP contribution < -0.4 is 5.32 Å². The van der Waals surface area contributed by atoms with Crippen molar-refractivity contribution in [1.29, 1.82) is 0 Å². The van der Waals surface area contributed by atoms with Gasteiger partial charge in [-0.1, -0.05) is 36.2 Å². The molecule has 2 rings (SSSR count). The smallest absolute Gasteiger partial charge is 0.309 e. The monoisotopic (exact) mass is 329 g/mol. The van der Waals surface area contributed by atoms with Gasteiger partial charge in [-0.3, -0.25) is 9.59 Å². The summed E-state index contributed by atoms with van der Waals surface area (Å²) in [5.74, 6) is -0.224. The lowest BCUT2D eigenvalue weighted by atomic mass is 10.1. The summed E-state index contributed by atoms with van der Waals surface area (Å²) in [5, 5.41) is 3.84. The van der Waals surface area contributed by atoms with Gasteiger partial charge in [0.15, 0.2) is 6.61 Å². The molecule has 0 spiro atoms. The van der Waals surface area contributed by atoms with Crippen LogP contribution in [0.25, 0.3) is 0 Å². The third-order valence-corrected chi connectivity index (χ3v) is 4.08. The minimum absolute atomic E-state index is 0.0225. The number of hydrogen-bond acceptors (Lipinski definition) is 3. The Bertz CT molecular complexity index is 548. The van der Waals surface area contributed by atoms with Crippen LogP contribution >= 0.6 is 23.2 Å². The third kappa shape index (κ3) is 4.90. The van der Waals surface area contributed by atoms with Crippen molar-refractivity contribution < 1.29 is 14.3 Å². The number of amides is 1. The van der Waals surface area contributed by atoms with Crippen LogP contribution in [-0.2, 0) is 20.7 Å². The number of hydrogen-bond donors (Lipinski definition) is 1. The maximum atomic E-state index is 11.6. The molecule has 1 aromatic carbocycles. The summed E-state index contributed by atoms with van der Waals surface area (Å²) in [4.78, 5) is 23.0. The topological polar surface area (TPSA) is 55.4 Å². The van der Waals surface area contributed by atoms with Gasteiger partial charge in [0.05, 0.1) is 5.92 Å². The Morgan fingerprint density at radius 3 is 2.71 bits per heavy atom. The van der Waals surface area contributed by atoms with Gasteiger partial charge in [0, 0.05) is 16.6 Å². The van der Waals surface area contributed by atoms with Gasteiger partial charge >= 0.3 is 5.97 Å². The maximum absolute atomic E-state index is 11.6. The number of rotatable bonds is 6. The number of carbonyl (C=O) groups excluding carboxylic acids is 2. The third-order valence-electron chi connectivity index (χ3n) is 3.49. The van der Waals surface area contributed by atoms with Gasteiger partial charge < -0.3 is 10.1 Å².